The first-order chi connectivity index (χ1) is 14.3. The van der Waals surface area contributed by atoms with E-state index in [0.29, 0.717) is 32.8 Å². The van der Waals surface area contributed by atoms with Crippen LogP contribution in [-0.4, -0.2) is 16.9 Å². The van der Waals surface area contributed by atoms with Gasteiger partial charge < -0.3 is 4.42 Å². The number of hydrogen-bond donors (Lipinski definition) is 1. The van der Waals surface area contributed by atoms with Crippen LogP contribution in [-0.2, 0) is 9.59 Å². The third kappa shape index (κ3) is 4.06. The average molecular weight is 522 g/mol. The zero-order chi connectivity index (χ0) is 21.4. The smallest absolute Gasteiger partial charge is 0.270 e. The van der Waals surface area contributed by atoms with Crippen molar-refractivity contribution in [3.05, 3.63) is 80.4 Å². The van der Waals surface area contributed by atoms with E-state index in [4.69, 9.17) is 39.8 Å². The molecule has 1 aromatic heterocycles. The number of amides is 2. The van der Waals surface area contributed by atoms with Crippen molar-refractivity contribution in [2.45, 2.75) is 0 Å². The first kappa shape index (κ1) is 20.8. The number of nitrogens with one attached hydrogen (secondary N) is 1. The number of halogens is 3. The summed E-state index contributed by atoms with van der Waals surface area (Å²) in [6, 6.07) is 15.3. The molecule has 0 radical (unpaired) electrons. The van der Waals surface area contributed by atoms with E-state index in [1.807, 2.05) is 0 Å². The summed E-state index contributed by atoms with van der Waals surface area (Å²) in [5, 5.41) is 3.52. The van der Waals surface area contributed by atoms with Gasteiger partial charge in [-0.1, -0.05) is 39.1 Å². The summed E-state index contributed by atoms with van der Waals surface area (Å²) < 4.78 is 6.63. The molecule has 1 aliphatic heterocycles. The van der Waals surface area contributed by atoms with E-state index >= 15 is 0 Å². The SMILES string of the molecule is O=C1NC(=S)N(c2ccc(Br)cc2)C(=O)/C1=C/c1ccc(-c2cc(Cl)ccc2Cl)o1. The minimum Gasteiger partial charge on any atom is -0.457 e. The standard InChI is InChI=1S/C21H11BrCl2N2O3S/c22-11-1-4-13(5-2-11)26-20(28)16(19(27)25-21(26)30)10-14-6-8-18(29-14)15-9-12(23)3-7-17(15)24/h1-10H,(H,25,27,30)/b16-10+. The summed E-state index contributed by atoms with van der Waals surface area (Å²) in [5.74, 6) is -0.386. The number of benzene rings is 2. The Balaban J connectivity index is 1.69. The van der Waals surface area contributed by atoms with Gasteiger partial charge in [0.2, 0.25) is 0 Å². The number of anilines is 1. The Morgan fingerprint density at radius 3 is 2.50 bits per heavy atom. The van der Waals surface area contributed by atoms with E-state index in [1.165, 1.54) is 11.0 Å². The highest BCUT2D eigenvalue weighted by Gasteiger charge is 2.34. The Bertz CT molecular complexity index is 1220. The van der Waals surface area contributed by atoms with Gasteiger partial charge in [-0.15, -0.1) is 0 Å². The second kappa shape index (κ2) is 8.35. The molecule has 0 unspecified atom stereocenters. The van der Waals surface area contributed by atoms with Crippen LogP contribution in [0.25, 0.3) is 17.4 Å². The van der Waals surface area contributed by atoms with Crippen molar-refractivity contribution in [2.24, 2.45) is 0 Å². The van der Waals surface area contributed by atoms with Gasteiger partial charge in [-0.25, -0.2) is 0 Å². The van der Waals surface area contributed by atoms with E-state index in [-0.39, 0.29) is 10.7 Å². The molecule has 2 heterocycles. The molecule has 1 saturated heterocycles. The van der Waals surface area contributed by atoms with Crippen LogP contribution in [0.1, 0.15) is 5.76 Å². The molecule has 0 bridgehead atoms. The van der Waals surface area contributed by atoms with Crippen LogP contribution in [0, 0.1) is 0 Å². The summed E-state index contributed by atoms with van der Waals surface area (Å²) >= 11 is 20.8. The van der Waals surface area contributed by atoms with Crippen molar-refractivity contribution in [3.63, 3.8) is 0 Å². The molecule has 2 amide bonds. The van der Waals surface area contributed by atoms with Gasteiger partial charge in [-0.2, -0.15) is 0 Å². The molecule has 0 atom stereocenters. The van der Waals surface area contributed by atoms with Gasteiger partial charge in [-0.05, 0) is 72.9 Å². The summed E-state index contributed by atoms with van der Waals surface area (Å²) in [6.07, 6.45) is 1.37. The number of carbonyl (C=O) groups excluding carboxylic acids is 2. The molecule has 0 aliphatic carbocycles. The monoisotopic (exact) mass is 520 g/mol. The van der Waals surface area contributed by atoms with Crippen molar-refractivity contribution >= 4 is 80.0 Å². The van der Waals surface area contributed by atoms with Crippen molar-refractivity contribution < 1.29 is 14.0 Å². The molecule has 1 fully saturated rings. The molecule has 1 aliphatic rings. The highest BCUT2D eigenvalue weighted by Crippen LogP contribution is 2.32. The fraction of sp³-hybridized carbons (Fsp3) is 0. The van der Waals surface area contributed by atoms with Crippen LogP contribution in [0.2, 0.25) is 10.0 Å². The minimum absolute atomic E-state index is 0.00955. The molecule has 1 N–H and O–H groups in total. The topological polar surface area (TPSA) is 62.6 Å². The molecular weight excluding hydrogens is 511 g/mol. The Morgan fingerprint density at radius 1 is 1.03 bits per heavy atom. The first-order valence-electron chi connectivity index (χ1n) is 8.56. The number of hydrogen-bond acceptors (Lipinski definition) is 4. The normalized spacial score (nSPS) is 15.6. The van der Waals surface area contributed by atoms with Crippen LogP contribution in [0.4, 0.5) is 5.69 Å². The molecule has 30 heavy (non-hydrogen) atoms. The number of carbonyl (C=O) groups is 2. The van der Waals surface area contributed by atoms with Gasteiger partial charge in [0.25, 0.3) is 11.8 Å². The highest BCUT2D eigenvalue weighted by atomic mass is 79.9. The van der Waals surface area contributed by atoms with E-state index in [2.05, 4.69) is 21.2 Å². The van der Waals surface area contributed by atoms with Crippen LogP contribution < -0.4 is 10.2 Å². The van der Waals surface area contributed by atoms with Crippen LogP contribution in [0.5, 0.6) is 0 Å². The quantitative estimate of drug-likeness (QED) is 0.267. The largest absolute Gasteiger partial charge is 0.457 e. The maximum Gasteiger partial charge on any atom is 0.270 e. The van der Waals surface area contributed by atoms with Gasteiger partial charge in [0.15, 0.2) is 5.11 Å². The second-order valence-corrected chi connectivity index (χ2v) is 8.41. The predicted molar refractivity (Wildman–Crippen MR) is 125 cm³/mol. The lowest BCUT2D eigenvalue weighted by atomic mass is 10.1. The average Bonchev–Trinajstić information content (AvgIpc) is 3.17. The summed E-state index contributed by atoms with van der Waals surface area (Å²) in [7, 11) is 0. The van der Waals surface area contributed by atoms with Gasteiger partial charge in [0.1, 0.15) is 17.1 Å². The zero-order valence-electron chi connectivity index (χ0n) is 15.0. The van der Waals surface area contributed by atoms with Gasteiger partial charge >= 0.3 is 0 Å². The van der Waals surface area contributed by atoms with Crippen molar-refractivity contribution in [3.8, 4) is 11.3 Å². The lowest BCUT2D eigenvalue weighted by Crippen LogP contribution is -2.54. The third-order valence-electron chi connectivity index (χ3n) is 4.29. The first-order valence-corrected chi connectivity index (χ1v) is 10.5. The number of thiocarbonyl (C=S) groups is 1. The summed E-state index contributed by atoms with van der Waals surface area (Å²) in [6.45, 7) is 0. The predicted octanol–water partition coefficient (Wildman–Crippen LogP) is 5.85. The Hall–Kier alpha value is -2.45. The summed E-state index contributed by atoms with van der Waals surface area (Å²) in [5.41, 5.74) is 1.03. The molecule has 9 heteroatoms. The minimum atomic E-state index is -0.600. The van der Waals surface area contributed by atoms with Crippen LogP contribution in [0.15, 0.2) is 69.1 Å². The van der Waals surface area contributed by atoms with E-state index in [1.54, 1.807) is 54.6 Å². The molecule has 150 valence electrons. The Morgan fingerprint density at radius 2 is 1.77 bits per heavy atom. The lowest BCUT2D eigenvalue weighted by Gasteiger charge is -2.28. The van der Waals surface area contributed by atoms with Crippen molar-refractivity contribution in [1.82, 2.24) is 5.32 Å². The fourth-order valence-corrected chi connectivity index (χ4v) is 3.81. The fourth-order valence-electron chi connectivity index (χ4n) is 2.89. The van der Waals surface area contributed by atoms with Gasteiger partial charge in [-0.3, -0.25) is 19.8 Å². The van der Waals surface area contributed by atoms with Crippen molar-refractivity contribution in [2.75, 3.05) is 4.90 Å². The van der Waals surface area contributed by atoms with E-state index in [0.717, 1.165) is 4.47 Å². The maximum absolute atomic E-state index is 13.0. The molecule has 4 rings (SSSR count). The maximum atomic E-state index is 13.0. The van der Waals surface area contributed by atoms with Gasteiger partial charge in [0.05, 0.1) is 10.7 Å². The molecule has 3 aromatic rings. The zero-order valence-corrected chi connectivity index (χ0v) is 18.9. The van der Waals surface area contributed by atoms with Crippen LogP contribution in [0.3, 0.4) is 0 Å². The van der Waals surface area contributed by atoms with E-state index < -0.39 is 11.8 Å². The molecule has 0 spiro atoms. The molecular formula is C21H11BrCl2N2O3S. The van der Waals surface area contributed by atoms with E-state index in [9.17, 15) is 9.59 Å². The Kier molecular flexibility index (Phi) is 5.79. The highest BCUT2D eigenvalue weighted by molar-refractivity contribution is 9.10. The van der Waals surface area contributed by atoms with Crippen LogP contribution >= 0.6 is 51.3 Å². The molecule has 0 saturated carbocycles. The number of rotatable bonds is 3. The Labute approximate surface area is 195 Å². The second-order valence-electron chi connectivity index (χ2n) is 6.26. The number of nitrogens with zero attached hydrogens (tertiary/aromatic N) is 1. The molecule has 2 aromatic carbocycles. The number of furan rings is 1. The van der Waals surface area contributed by atoms with Gasteiger partial charge in [0, 0.05) is 15.1 Å². The summed E-state index contributed by atoms with van der Waals surface area (Å²) in [4.78, 5) is 26.7. The lowest BCUT2D eigenvalue weighted by molar-refractivity contribution is -0.122. The molecule has 5 nitrogen and oxygen atoms in total. The van der Waals surface area contributed by atoms with Crippen molar-refractivity contribution in [1.29, 1.82) is 0 Å². The third-order valence-corrected chi connectivity index (χ3v) is 5.67.